The van der Waals surface area contributed by atoms with Crippen molar-refractivity contribution in [2.45, 2.75) is 25.1 Å². The van der Waals surface area contributed by atoms with Crippen molar-refractivity contribution in [3.05, 3.63) is 18.2 Å². The highest BCUT2D eigenvalue weighted by Gasteiger charge is 2.58. The van der Waals surface area contributed by atoms with Gasteiger partial charge in [-0.25, -0.2) is 4.98 Å². The molecule has 1 rings (SSSR count). The van der Waals surface area contributed by atoms with E-state index in [4.69, 9.17) is 0 Å². The molecule has 1 aromatic rings. The van der Waals surface area contributed by atoms with E-state index in [0.717, 1.165) is 17.7 Å². The second kappa shape index (κ2) is 3.89. The van der Waals surface area contributed by atoms with E-state index in [9.17, 15) is 23.1 Å². The van der Waals surface area contributed by atoms with Crippen molar-refractivity contribution in [2.24, 2.45) is 7.05 Å². The second-order valence-corrected chi connectivity index (χ2v) is 3.60. The van der Waals surface area contributed by atoms with Gasteiger partial charge in [0.2, 0.25) is 5.60 Å². The summed E-state index contributed by atoms with van der Waals surface area (Å²) >= 11 is 0. The Morgan fingerprint density at radius 3 is 2.44 bits per heavy atom. The van der Waals surface area contributed by atoms with Gasteiger partial charge in [-0.2, -0.15) is 13.2 Å². The largest absolute Gasteiger partial charge is 0.424 e. The average molecular weight is 236 g/mol. The molecule has 16 heavy (non-hydrogen) atoms. The third kappa shape index (κ3) is 2.08. The minimum absolute atomic E-state index is 0.588. The minimum Gasteiger partial charge on any atom is -0.374 e. The van der Waals surface area contributed by atoms with E-state index in [2.05, 4.69) is 4.98 Å². The molecule has 0 spiro atoms. The smallest absolute Gasteiger partial charge is 0.374 e. The molecule has 0 amide bonds. The van der Waals surface area contributed by atoms with Crippen LogP contribution in [0.4, 0.5) is 13.2 Å². The molecule has 0 radical (unpaired) electrons. The summed E-state index contributed by atoms with van der Waals surface area (Å²) in [6, 6.07) is 0. The number of nitrogens with zero attached hydrogens (tertiary/aromatic N) is 2. The fraction of sp³-hybridized carbons (Fsp3) is 0.556. The van der Waals surface area contributed by atoms with Crippen LogP contribution >= 0.6 is 0 Å². The van der Waals surface area contributed by atoms with Crippen molar-refractivity contribution in [2.75, 3.05) is 0 Å². The highest BCUT2D eigenvalue weighted by molar-refractivity contribution is 5.76. The summed E-state index contributed by atoms with van der Waals surface area (Å²) in [5.74, 6) is -1.35. The first-order valence-corrected chi connectivity index (χ1v) is 4.45. The summed E-state index contributed by atoms with van der Waals surface area (Å²) < 4.78 is 39.3. The van der Waals surface area contributed by atoms with Gasteiger partial charge in [0.05, 0.1) is 6.42 Å². The molecular weight excluding hydrogens is 225 g/mol. The molecule has 1 atom stereocenters. The Kier molecular flexibility index (Phi) is 3.09. The molecule has 1 N–H and O–H groups in total. The molecule has 1 heterocycles. The molecule has 0 aliphatic heterocycles. The van der Waals surface area contributed by atoms with Crippen LogP contribution in [0.2, 0.25) is 0 Å². The molecule has 4 nitrogen and oxygen atoms in total. The van der Waals surface area contributed by atoms with Gasteiger partial charge in [-0.15, -0.1) is 0 Å². The Morgan fingerprint density at radius 1 is 1.56 bits per heavy atom. The molecule has 0 fully saturated rings. The summed E-state index contributed by atoms with van der Waals surface area (Å²) in [5.41, 5.74) is -3.23. The van der Waals surface area contributed by atoms with Crippen molar-refractivity contribution >= 4 is 5.78 Å². The van der Waals surface area contributed by atoms with Gasteiger partial charge in [-0.1, -0.05) is 0 Å². The van der Waals surface area contributed by atoms with Gasteiger partial charge >= 0.3 is 6.18 Å². The summed E-state index contributed by atoms with van der Waals surface area (Å²) in [6.07, 6.45) is -3.59. The second-order valence-electron chi connectivity index (χ2n) is 3.60. The number of hydrogen-bond donors (Lipinski definition) is 1. The van der Waals surface area contributed by atoms with Crippen molar-refractivity contribution in [1.29, 1.82) is 0 Å². The summed E-state index contributed by atoms with van der Waals surface area (Å²) in [4.78, 5) is 14.3. The number of aliphatic hydroxyl groups is 1. The predicted octanol–water partition coefficient (Wildman–Crippen LogP) is 1.15. The number of aromatic nitrogens is 2. The Hall–Kier alpha value is -1.37. The molecule has 1 aromatic heterocycles. The van der Waals surface area contributed by atoms with Crippen LogP contribution in [0.15, 0.2) is 12.4 Å². The molecular formula is C9H11F3N2O2. The van der Waals surface area contributed by atoms with Crippen LogP contribution in [0.1, 0.15) is 19.2 Å². The molecule has 0 aliphatic rings. The van der Waals surface area contributed by atoms with Crippen LogP contribution in [0, 0.1) is 0 Å². The van der Waals surface area contributed by atoms with Gasteiger partial charge in [0, 0.05) is 19.4 Å². The number of carbonyl (C=O) groups excluding carboxylic acids is 1. The van der Waals surface area contributed by atoms with Crippen LogP contribution < -0.4 is 0 Å². The molecule has 0 aliphatic carbocycles. The number of halogens is 3. The number of alkyl halides is 3. The zero-order valence-corrected chi connectivity index (χ0v) is 8.75. The van der Waals surface area contributed by atoms with Crippen LogP contribution in [0.25, 0.3) is 0 Å². The number of Topliss-reactive ketones (excluding diaryl/α,β-unsaturated/α-hetero) is 1. The summed E-state index contributed by atoms with van der Waals surface area (Å²) in [5, 5.41) is 9.63. The number of carbonyl (C=O) groups is 1. The van der Waals surface area contributed by atoms with Gasteiger partial charge < -0.3 is 9.67 Å². The Bertz CT molecular complexity index is 400. The molecule has 0 aromatic carbocycles. The number of hydrogen-bond acceptors (Lipinski definition) is 3. The van der Waals surface area contributed by atoms with Crippen LogP contribution in [-0.4, -0.2) is 26.6 Å². The predicted molar refractivity (Wildman–Crippen MR) is 48.5 cm³/mol. The minimum atomic E-state index is -4.95. The van der Waals surface area contributed by atoms with Crippen LogP contribution in [0.5, 0.6) is 0 Å². The quantitative estimate of drug-likeness (QED) is 0.856. The topological polar surface area (TPSA) is 55.1 Å². The summed E-state index contributed by atoms with van der Waals surface area (Å²) in [6.45, 7) is 0.986. The number of aryl methyl sites for hydroxylation is 1. The maximum absolute atomic E-state index is 12.8. The standard InChI is InChI=1S/C9H11F3N2O2/c1-6(15)5-8(16,9(10,11)12)7-13-3-4-14(7)2/h3-4,16H,5H2,1-2H3/t8-/m1/s1. The first kappa shape index (κ1) is 12.7. The molecule has 0 unspecified atom stereocenters. The normalized spacial score (nSPS) is 15.9. The van der Waals surface area contributed by atoms with Crippen LogP contribution in [0.3, 0.4) is 0 Å². The van der Waals surface area contributed by atoms with Crippen molar-refractivity contribution in [3.63, 3.8) is 0 Å². The molecule has 0 bridgehead atoms. The Labute approximate surface area is 89.7 Å². The number of imidazole rings is 1. The zero-order chi connectivity index (χ0) is 12.6. The lowest BCUT2D eigenvalue weighted by molar-refractivity contribution is -0.270. The van der Waals surface area contributed by atoms with E-state index >= 15 is 0 Å². The zero-order valence-electron chi connectivity index (χ0n) is 8.75. The van der Waals surface area contributed by atoms with E-state index in [1.807, 2.05) is 0 Å². The van der Waals surface area contributed by atoms with Crippen molar-refractivity contribution < 1.29 is 23.1 Å². The fourth-order valence-corrected chi connectivity index (χ4v) is 1.43. The lowest BCUT2D eigenvalue weighted by Crippen LogP contribution is -2.45. The van der Waals surface area contributed by atoms with Gasteiger partial charge in [-0.05, 0) is 6.92 Å². The van der Waals surface area contributed by atoms with Gasteiger partial charge in [0.25, 0.3) is 0 Å². The fourth-order valence-electron chi connectivity index (χ4n) is 1.43. The SMILES string of the molecule is CC(=O)C[C@@](O)(c1nccn1C)C(F)(F)F. The van der Waals surface area contributed by atoms with Crippen LogP contribution in [-0.2, 0) is 17.4 Å². The molecule has 0 saturated heterocycles. The molecule has 7 heteroatoms. The van der Waals surface area contributed by atoms with E-state index in [1.165, 1.54) is 13.2 Å². The Morgan fingerprint density at radius 2 is 2.12 bits per heavy atom. The molecule has 90 valence electrons. The Balaban J connectivity index is 3.26. The maximum atomic E-state index is 12.8. The third-order valence-corrected chi connectivity index (χ3v) is 2.16. The average Bonchev–Trinajstić information content (AvgIpc) is 2.48. The monoisotopic (exact) mass is 236 g/mol. The van der Waals surface area contributed by atoms with E-state index in [-0.39, 0.29) is 0 Å². The van der Waals surface area contributed by atoms with Crippen molar-refractivity contribution in [1.82, 2.24) is 9.55 Å². The van der Waals surface area contributed by atoms with Gasteiger partial charge in [-0.3, -0.25) is 4.79 Å². The summed E-state index contributed by atoms with van der Waals surface area (Å²) in [7, 11) is 1.32. The molecule has 0 saturated carbocycles. The van der Waals surface area contributed by atoms with E-state index in [1.54, 1.807) is 0 Å². The van der Waals surface area contributed by atoms with Crippen molar-refractivity contribution in [3.8, 4) is 0 Å². The van der Waals surface area contributed by atoms with E-state index < -0.39 is 29.8 Å². The van der Waals surface area contributed by atoms with Gasteiger partial charge in [0.15, 0.2) is 5.82 Å². The lowest BCUT2D eigenvalue weighted by Gasteiger charge is -2.28. The first-order valence-electron chi connectivity index (χ1n) is 4.45. The first-order chi connectivity index (χ1) is 7.18. The third-order valence-electron chi connectivity index (χ3n) is 2.16. The maximum Gasteiger partial charge on any atom is 0.424 e. The highest BCUT2D eigenvalue weighted by atomic mass is 19.4. The lowest BCUT2D eigenvalue weighted by atomic mass is 9.95. The van der Waals surface area contributed by atoms with E-state index in [0.29, 0.717) is 0 Å². The number of rotatable bonds is 3. The highest BCUT2D eigenvalue weighted by Crippen LogP contribution is 2.40. The van der Waals surface area contributed by atoms with Gasteiger partial charge in [0.1, 0.15) is 5.78 Å². The number of ketones is 1.